The fraction of sp³-hybridized carbons (Fsp3) is 0.474. The van der Waals surface area contributed by atoms with Gasteiger partial charge in [-0.25, -0.2) is 0 Å². The van der Waals surface area contributed by atoms with E-state index in [0.29, 0.717) is 12.8 Å². The molecule has 1 heterocycles. The first-order valence-corrected chi connectivity index (χ1v) is 8.04. The Morgan fingerprint density at radius 1 is 1.14 bits per heavy atom. The zero-order valence-corrected chi connectivity index (χ0v) is 13.5. The lowest BCUT2D eigenvalue weighted by Crippen LogP contribution is -2.40. The van der Waals surface area contributed by atoms with E-state index in [2.05, 4.69) is 50.4 Å². The van der Waals surface area contributed by atoms with Crippen molar-refractivity contribution in [2.45, 2.75) is 52.4 Å². The zero-order chi connectivity index (χ0) is 15.9. The van der Waals surface area contributed by atoms with Crippen molar-refractivity contribution in [2.75, 3.05) is 0 Å². The summed E-state index contributed by atoms with van der Waals surface area (Å²) in [5, 5.41) is 2.95. The van der Waals surface area contributed by atoms with Crippen LogP contribution in [0.25, 0.3) is 0 Å². The molecule has 0 saturated heterocycles. The van der Waals surface area contributed by atoms with Crippen LogP contribution in [0.2, 0.25) is 0 Å². The van der Waals surface area contributed by atoms with Crippen molar-refractivity contribution in [3.8, 4) is 0 Å². The van der Waals surface area contributed by atoms with Crippen molar-refractivity contribution in [3.63, 3.8) is 0 Å². The molecule has 0 fully saturated rings. The third kappa shape index (κ3) is 2.72. The quantitative estimate of drug-likeness (QED) is 0.908. The standard InChI is InChI=1S/C19H23NO2/c1-4-12-5-7-13(8-6-12)14-9-17(22)20-15-10-19(2,3)11-16(21)18(14)15/h5-8,14H,4,9-11H2,1-3H3,(H,20,22). The molecule has 0 spiro atoms. The fourth-order valence-electron chi connectivity index (χ4n) is 3.63. The van der Waals surface area contributed by atoms with E-state index in [1.165, 1.54) is 5.56 Å². The topological polar surface area (TPSA) is 46.2 Å². The first-order chi connectivity index (χ1) is 10.4. The van der Waals surface area contributed by atoms with Gasteiger partial charge in [0.1, 0.15) is 0 Å². The Hall–Kier alpha value is -1.90. The Bertz CT molecular complexity index is 653. The van der Waals surface area contributed by atoms with Crippen LogP contribution >= 0.6 is 0 Å². The molecule has 3 nitrogen and oxygen atoms in total. The number of aryl methyl sites for hydroxylation is 1. The molecule has 0 saturated carbocycles. The van der Waals surface area contributed by atoms with Crippen LogP contribution < -0.4 is 5.32 Å². The van der Waals surface area contributed by atoms with Crippen LogP contribution in [0.5, 0.6) is 0 Å². The summed E-state index contributed by atoms with van der Waals surface area (Å²) in [6.45, 7) is 6.29. The molecule has 1 aromatic carbocycles. The van der Waals surface area contributed by atoms with Gasteiger partial charge >= 0.3 is 0 Å². The molecule has 0 bridgehead atoms. The number of carbonyl (C=O) groups is 2. The molecule has 22 heavy (non-hydrogen) atoms. The van der Waals surface area contributed by atoms with Crippen molar-refractivity contribution < 1.29 is 9.59 Å². The minimum atomic E-state index is -0.0849. The summed E-state index contributed by atoms with van der Waals surface area (Å²) < 4.78 is 0. The van der Waals surface area contributed by atoms with E-state index in [-0.39, 0.29) is 23.0 Å². The highest BCUT2D eigenvalue weighted by Crippen LogP contribution is 2.43. The van der Waals surface area contributed by atoms with Gasteiger partial charge in [-0.1, -0.05) is 45.0 Å². The molecular formula is C19H23NO2. The molecule has 3 rings (SSSR count). The van der Waals surface area contributed by atoms with Gasteiger partial charge in [0.2, 0.25) is 5.91 Å². The number of allylic oxidation sites excluding steroid dienone is 2. The molecule has 1 amide bonds. The van der Waals surface area contributed by atoms with Gasteiger partial charge in [0.15, 0.2) is 5.78 Å². The molecule has 1 aromatic rings. The molecular weight excluding hydrogens is 274 g/mol. The van der Waals surface area contributed by atoms with Gasteiger partial charge in [-0.3, -0.25) is 9.59 Å². The normalized spacial score (nSPS) is 24.0. The van der Waals surface area contributed by atoms with Crippen molar-refractivity contribution >= 4 is 11.7 Å². The van der Waals surface area contributed by atoms with Gasteiger partial charge in [-0.05, 0) is 29.4 Å². The second-order valence-electron chi connectivity index (χ2n) is 7.23. The summed E-state index contributed by atoms with van der Waals surface area (Å²) in [6, 6.07) is 8.33. The predicted octanol–water partition coefficient (Wildman–Crippen LogP) is 3.50. The predicted molar refractivity (Wildman–Crippen MR) is 86.4 cm³/mol. The van der Waals surface area contributed by atoms with Crippen LogP contribution in [0.3, 0.4) is 0 Å². The van der Waals surface area contributed by atoms with Crippen LogP contribution in [0, 0.1) is 5.41 Å². The number of benzene rings is 1. The number of ketones is 1. The maximum absolute atomic E-state index is 12.6. The summed E-state index contributed by atoms with van der Waals surface area (Å²) in [5.41, 5.74) is 3.96. The average molecular weight is 297 g/mol. The first-order valence-electron chi connectivity index (χ1n) is 8.04. The molecule has 1 unspecified atom stereocenters. The number of rotatable bonds is 2. The average Bonchev–Trinajstić information content (AvgIpc) is 2.44. The van der Waals surface area contributed by atoms with E-state index in [9.17, 15) is 9.59 Å². The van der Waals surface area contributed by atoms with Crippen molar-refractivity contribution in [3.05, 3.63) is 46.7 Å². The maximum atomic E-state index is 12.6. The molecule has 1 aliphatic carbocycles. The number of amides is 1. The van der Waals surface area contributed by atoms with Crippen molar-refractivity contribution in [1.29, 1.82) is 0 Å². The van der Waals surface area contributed by atoms with Crippen LogP contribution in [-0.4, -0.2) is 11.7 Å². The van der Waals surface area contributed by atoms with Crippen LogP contribution in [0.1, 0.15) is 57.1 Å². The smallest absolute Gasteiger partial charge is 0.225 e. The van der Waals surface area contributed by atoms with Gasteiger partial charge in [0.05, 0.1) is 0 Å². The number of nitrogens with one attached hydrogen (secondary N) is 1. The summed E-state index contributed by atoms with van der Waals surface area (Å²) in [7, 11) is 0. The maximum Gasteiger partial charge on any atom is 0.225 e. The molecule has 1 N–H and O–H groups in total. The van der Waals surface area contributed by atoms with Gasteiger partial charge in [-0.2, -0.15) is 0 Å². The van der Waals surface area contributed by atoms with Gasteiger partial charge in [0, 0.05) is 30.0 Å². The number of hydrogen-bond donors (Lipinski definition) is 1. The minimum Gasteiger partial charge on any atom is -0.329 e. The van der Waals surface area contributed by atoms with E-state index in [0.717, 1.165) is 29.7 Å². The van der Waals surface area contributed by atoms with Crippen LogP contribution in [0.15, 0.2) is 35.5 Å². The Morgan fingerprint density at radius 2 is 1.82 bits per heavy atom. The summed E-state index contributed by atoms with van der Waals surface area (Å²) in [6.07, 6.45) is 2.69. The Morgan fingerprint density at radius 3 is 2.45 bits per heavy atom. The highest BCUT2D eigenvalue weighted by molar-refractivity contribution is 6.02. The highest BCUT2D eigenvalue weighted by Gasteiger charge is 2.40. The van der Waals surface area contributed by atoms with Crippen LogP contribution in [-0.2, 0) is 16.0 Å². The summed E-state index contributed by atoms with van der Waals surface area (Å²) in [4.78, 5) is 24.7. The molecule has 0 aromatic heterocycles. The van der Waals surface area contributed by atoms with E-state index in [1.54, 1.807) is 0 Å². The SMILES string of the molecule is CCc1ccc(C2CC(=O)NC3=C2C(=O)CC(C)(C)C3)cc1. The summed E-state index contributed by atoms with van der Waals surface area (Å²) in [5.74, 6) is 0.128. The molecule has 0 radical (unpaired) electrons. The lowest BCUT2D eigenvalue weighted by molar-refractivity contribution is -0.122. The van der Waals surface area contributed by atoms with Gasteiger partial charge < -0.3 is 5.32 Å². The van der Waals surface area contributed by atoms with Gasteiger partial charge in [-0.15, -0.1) is 0 Å². The molecule has 116 valence electrons. The number of Topliss-reactive ketones (excluding diaryl/α,β-unsaturated/α-hetero) is 1. The highest BCUT2D eigenvalue weighted by atomic mass is 16.2. The number of hydrogen-bond acceptors (Lipinski definition) is 2. The van der Waals surface area contributed by atoms with Crippen molar-refractivity contribution in [2.24, 2.45) is 5.41 Å². The third-order valence-corrected chi connectivity index (χ3v) is 4.74. The van der Waals surface area contributed by atoms with Gasteiger partial charge in [0.25, 0.3) is 0 Å². The lowest BCUT2D eigenvalue weighted by Gasteiger charge is -2.37. The van der Waals surface area contributed by atoms with E-state index < -0.39 is 0 Å². The second kappa shape index (κ2) is 5.38. The van der Waals surface area contributed by atoms with E-state index >= 15 is 0 Å². The summed E-state index contributed by atoms with van der Waals surface area (Å²) >= 11 is 0. The molecule has 3 heteroatoms. The largest absolute Gasteiger partial charge is 0.329 e. The number of carbonyl (C=O) groups excluding carboxylic acids is 2. The molecule has 1 atom stereocenters. The monoisotopic (exact) mass is 297 g/mol. The third-order valence-electron chi connectivity index (χ3n) is 4.74. The lowest BCUT2D eigenvalue weighted by atomic mass is 9.70. The van der Waals surface area contributed by atoms with E-state index in [1.807, 2.05) is 0 Å². The van der Waals surface area contributed by atoms with E-state index in [4.69, 9.17) is 0 Å². The Kier molecular flexibility index (Phi) is 3.67. The van der Waals surface area contributed by atoms with Crippen molar-refractivity contribution in [1.82, 2.24) is 5.32 Å². The first kappa shape index (κ1) is 15.0. The Labute approximate surface area is 131 Å². The minimum absolute atomic E-state index is 0.0221. The molecule has 1 aliphatic heterocycles. The molecule has 2 aliphatic rings. The zero-order valence-electron chi connectivity index (χ0n) is 13.5. The van der Waals surface area contributed by atoms with Crippen LogP contribution in [0.4, 0.5) is 0 Å². The fourth-order valence-corrected chi connectivity index (χ4v) is 3.63. The Balaban J connectivity index is 2.02. The second-order valence-corrected chi connectivity index (χ2v) is 7.23.